The van der Waals surface area contributed by atoms with Gasteiger partial charge in [0.2, 0.25) is 11.8 Å². The smallest absolute Gasteiger partial charge is 0.242 e. The zero-order valence-corrected chi connectivity index (χ0v) is 15.6. The molecular weight excluding hydrogens is 355 g/mol. The number of carbonyl (C=O) groups is 2. The fourth-order valence-electron chi connectivity index (χ4n) is 2.64. The second kappa shape index (κ2) is 9.34. The third-order valence-electron chi connectivity index (χ3n) is 4.10. The first kappa shape index (κ1) is 19.9. The summed E-state index contributed by atoms with van der Waals surface area (Å²) in [4.78, 5) is 26.6. The molecule has 26 heavy (non-hydrogen) atoms. The topological polar surface area (TPSA) is 49.4 Å². The predicted octanol–water partition coefficient (Wildman–Crippen LogP) is 3.58. The number of carbonyl (C=O) groups excluding carboxylic acids is 2. The maximum atomic E-state index is 14.0. The molecule has 0 bridgehead atoms. The van der Waals surface area contributed by atoms with E-state index in [-0.39, 0.29) is 35.4 Å². The van der Waals surface area contributed by atoms with E-state index in [0.29, 0.717) is 6.54 Å². The van der Waals surface area contributed by atoms with Crippen molar-refractivity contribution >= 4 is 23.4 Å². The molecule has 138 valence electrons. The van der Waals surface area contributed by atoms with Crippen LogP contribution in [0.15, 0.2) is 48.5 Å². The number of nitrogens with one attached hydrogen (secondary N) is 1. The quantitative estimate of drug-likeness (QED) is 0.803. The van der Waals surface area contributed by atoms with Gasteiger partial charge in [-0.25, -0.2) is 4.39 Å². The van der Waals surface area contributed by atoms with Crippen LogP contribution in [0.1, 0.15) is 25.0 Å². The molecule has 0 heterocycles. The van der Waals surface area contributed by atoms with Crippen LogP contribution in [-0.2, 0) is 22.6 Å². The lowest BCUT2D eigenvalue weighted by molar-refractivity contribution is -0.140. The fraction of sp³-hybridized carbons (Fsp3) is 0.300. The van der Waals surface area contributed by atoms with Crippen LogP contribution in [0.5, 0.6) is 0 Å². The van der Waals surface area contributed by atoms with Crippen molar-refractivity contribution in [2.75, 3.05) is 6.54 Å². The van der Waals surface area contributed by atoms with Crippen molar-refractivity contribution in [3.8, 4) is 0 Å². The fourth-order valence-corrected chi connectivity index (χ4v) is 2.87. The van der Waals surface area contributed by atoms with Crippen LogP contribution >= 0.6 is 11.6 Å². The molecule has 1 atom stereocenters. The maximum absolute atomic E-state index is 14.0. The van der Waals surface area contributed by atoms with E-state index in [4.69, 9.17) is 11.6 Å². The number of hydrogen-bond donors (Lipinski definition) is 1. The molecule has 0 saturated heterocycles. The molecule has 4 nitrogen and oxygen atoms in total. The second-order valence-electron chi connectivity index (χ2n) is 5.95. The van der Waals surface area contributed by atoms with Crippen LogP contribution in [-0.4, -0.2) is 29.3 Å². The molecule has 2 rings (SSSR count). The molecule has 0 aliphatic rings. The lowest BCUT2D eigenvalue weighted by Gasteiger charge is -2.29. The van der Waals surface area contributed by atoms with Gasteiger partial charge in [0.15, 0.2) is 0 Å². The Labute approximate surface area is 158 Å². The Bertz CT molecular complexity index is 747. The number of halogens is 2. The summed E-state index contributed by atoms with van der Waals surface area (Å²) in [5, 5.41) is 2.92. The van der Waals surface area contributed by atoms with Crippen molar-refractivity contribution < 1.29 is 14.0 Å². The average molecular weight is 377 g/mol. The Morgan fingerprint density at radius 2 is 1.85 bits per heavy atom. The van der Waals surface area contributed by atoms with E-state index in [1.807, 2.05) is 37.3 Å². The molecule has 0 fully saturated rings. The monoisotopic (exact) mass is 376 g/mol. The van der Waals surface area contributed by atoms with Crippen molar-refractivity contribution in [3.05, 3.63) is 70.5 Å². The lowest BCUT2D eigenvalue weighted by Crippen LogP contribution is -2.48. The maximum Gasteiger partial charge on any atom is 0.242 e. The number of likely N-dealkylation sites (N-methyl/N-ethyl adjacent to an activating group) is 1. The molecule has 6 heteroatoms. The highest BCUT2D eigenvalue weighted by Crippen LogP contribution is 2.21. The van der Waals surface area contributed by atoms with Gasteiger partial charge in [-0.15, -0.1) is 0 Å². The van der Waals surface area contributed by atoms with Gasteiger partial charge in [-0.3, -0.25) is 9.59 Å². The third-order valence-corrected chi connectivity index (χ3v) is 4.46. The summed E-state index contributed by atoms with van der Waals surface area (Å²) in [7, 11) is 0. The molecule has 2 amide bonds. The van der Waals surface area contributed by atoms with Crippen LogP contribution in [0.4, 0.5) is 4.39 Å². The van der Waals surface area contributed by atoms with Crippen LogP contribution in [0, 0.1) is 5.82 Å². The average Bonchev–Trinajstić information content (AvgIpc) is 2.63. The SMILES string of the molecule is CCNC(=O)C(C)N(Cc1ccccc1)C(=O)Cc1c(F)cccc1Cl. The minimum absolute atomic E-state index is 0.139. The van der Waals surface area contributed by atoms with Crippen LogP contribution in [0.2, 0.25) is 5.02 Å². The van der Waals surface area contributed by atoms with Crippen LogP contribution in [0.3, 0.4) is 0 Å². The summed E-state index contributed by atoms with van der Waals surface area (Å²) in [6.45, 7) is 4.20. The highest BCUT2D eigenvalue weighted by molar-refractivity contribution is 6.31. The Hall–Kier alpha value is -2.40. The summed E-state index contributed by atoms with van der Waals surface area (Å²) < 4.78 is 14.0. The zero-order valence-electron chi connectivity index (χ0n) is 14.8. The van der Waals surface area contributed by atoms with Gasteiger partial charge < -0.3 is 10.2 Å². The molecular formula is C20H22ClFN2O2. The third kappa shape index (κ3) is 5.05. The summed E-state index contributed by atoms with van der Waals surface area (Å²) in [6, 6.07) is 13.0. The number of rotatable bonds is 7. The Morgan fingerprint density at radius 3 is 2.46 bits per heavy atom. The van der Waals surface area contributed by atoms with Crippen LogP contribution < -0.4 is 5.32 Å². The van der Waals surface area contributed by atoms with E-state index in [1.165, 1.54) is 17.0 Å². The molecule has 0 aromatic heterocycles. The first-order valence-electron chi connectivity index (χ1n) is 8.48. The van der Waals surface area contributed by atoms with E-state index in [0.717, 1.165) is 5.56 Å². The summed E-state index contributed by atoms with van der Waals surface area (Å²) in [6.07, 6.45) is -0.206. The van der Waals surface area contributed by atoms with Crippen molar-refractivity contribution in [2.24, 2.45) is 0 Å². The van der Waals surface area contributed by atoms with Gasteiger partial charge in [-0.05, 0) is 31.5 Å². The van der Waals surface area contributed by atoms with Gasteiger partial charge in [-0.2, -0.15) is 0 Å². The Morgan fingerprint density at radius 1 is 1.15 bits per heavy atom. The summed E-state index contributed by atoms with van der Waals surface area (Å²) in [5.41, 5.74) is 1.02. The van der Waals surface area contributed by atoms with Crippen molar-refractivity contribution in [1.29, 1.82) is 0 Å². The summed E-state index contributed by atoms with van der Waals surface area (Å²) in [5.74, 6) is -1.15. The number of hydrogen-bond acceptors (Lipinski definition) is 2. The number of amides is 2. The highest BCUT2D eigenvalue weighted by Gasteiger charge is 2.27. The standard InChI is InChI=1S/C20H22ClFN2O2/c1-3-23-20(26)14(2)24(13-15-8-5-4-6-9-15)19(25)12-16-17(21)10-7-11-18(16)22/h4-11,14H,3,12-13H2,1-2H3,(H,23,26). The minimum Gasteiger partial charge on any atom is -0.355 e. The van der Waals surface area contributed by atoms with Gasteiger partial charge >= 0.3 is 0 Å². The zero-order chi connectivity index (χ0) is 19.1. The minimum atomic E-state index is -0.687. The van der Waals surface area contributed by atoms with Crippen molar-refractivity contribution in [1.82, 2.24) is 10.2 Å². The first-order chi connectivity index (χ1) is 12.4. The Kier molecular flexibility index (Phi) is 7.16. The second-order valence-corrected chi connectivity index (χ2v) is 6.36. The van der Waals surface area contributed by atoms with Gasteiger partial charge in [0.1, 0.15) is 11.9 Å². The molecule has 0 aliphatic heterocycles. The van der Waals surface area contributed by atoms with Crippen LogP contribution in [0.25, 0.3) is 0 Å². The molecule has 1 unspecified atom stereocenters. The van der Waals surface area contributed by atoms with Gasteiger partial charge in [0.05, 0.1) is 6.42 Å². The van der Waals surface area contributed by atoms with Gasteiger partial charge in [0.25, 0.3) is 0 Å². The Balaban J connectivity index is 2.26. The number of nitrogens with zero attached hydrogens (tertiary/aromatic N) is 1. The van der Waals surface area contributed by atoms with E-state index >= 15 is 0 Å². The molecule has 2 aromatic rings. The lowest BCUT2D eigenvalue weighted by atomic mass is 10.1. The van der Waals surface area contributed by atoms with E-state index in [1.54, 1.807) is 13.0 Å². The predicted molar refractivity (Wildman–Crippen MR) is 100 cm³/mol. The molecule has 1 N–H and O–H groups in total. The molecule has 2 aromatic carbocycles. The molecule has 0 aliphatic carbocycles. The van der Waals surface area contributed by atoms with E-state index in [9.17, 15) is 14.0 Å². The number of benzene rings is 2. The molecule has 0 saturated carbocycles. The van der Waals surface area contributed by atoms with Gasteiger partial charge in [-0.1, -0.05) is 48.0 Å². The molecule has 0 radical (unpaired) electrons. The van der Waals surface area contributed by atoms with E-state index in [2.05, 4.69) is 5.32 Å². The van der Waals surface area contributed by atoms with E-state index < -0.39 is 11.9 Å². The normalized spacial score (nSPS) is 11.7. The first-order valence-corrected chi connectivity index (χ1v) is 8.85. The van der Waals surface area contributed by atoms with Gasteiger partial charge in [0, 0.05) is 23.7 Å². The van der Waals surface area contributed by atoms with Crippen molar-refractivity contribution in [3.63, 3.8) is 0 Å². The van der Waals surface area contributed by atoms with Crippen molar-refractivity contribution in [2.45, 2.75) is 32.9 Å². The summed E-state index contributed by atoms with van der Waals surface area (Å²) >= 11 is 6.04. The largest absolute Gasteiger partial charge is 0.355 e. The highest BCUT2D eigenvalue weighted by atomic mass is 35.5. The molecule has 0 spiro atoms.